The molecular formula is C21H21ClN2O4. The van der Waals surface area contributed by atoms with Crippen LogP contribution in [0.4, 0.5) is 0 Å². The number of halogens is 1. The van der Waals surface area contributed by atoms with Crippen molar-refractivity contribution < 1.29 is 14.3 Å². The average molecular weight is 401 g/mol. The molecule has 0 aliphatic rings. The molecule has 146 valence electrons. The third-order valence-electron chi connectivity index (χ3n) is 4.16. The maximum absolute atomic E-state index is 12.1. The van der Waals surface area contributed by atoms with Crippen molar-refractivity contribution in [2.75, 3.05) is 6.61 Å². The fraction of sp³-hybridized carbons (Fsp3) is 0.286. The van der Waals surface area contributed by atoms with Crippen LogP contribution in [0.2, 0.25) is 5.02 Å². The van der Waals surface area contributed by atoms with E-state index in [1.165, 1.54) is 10.5 Å². The zero-order chi connectivity index (χ0) is 20.1. The van der Waals surface area contributed by atoms with Gasteiger partial charge in [-0.2, -0.15) is 0 Å². The number of hydrogen-bond acceptors (Lipinski definition) is 5. The summed E-state index contributed by atoms with van der Waals surface area (Å²) in [6.07, 6.45) is 2.47. The molecule has 2 heterocycles. The van der Waals surface area contributed by atoms with Crippen molar-refractivity contribution in [3.8, 4) is 5.75 Å². The van der Waals surface area contributed by atoms with E-state index in [2.05, 4.69) is 4.98 Å². The average Bonchev–Trinajstić information content (AvgIpc) is 2.65. The van der Waals surface area contributed by atoms with Crippen molar-refractivity contribution in [1.82, 2.24) is 9.38 Å². The molecule has 0 atom stereocenters. The number of pyridine rings is 1. The molecule has 7 heteroatoms. The molecule has 3 aromatic rings. The Morgan fingerprint density at radius 3 is 2.79 bits per heavy atom. The van der Waals surface area contributed by atoms with Gasteiger partial charge in [0, 0.05) is 23.7 Å². The Labute approximate surface area is 167 Å². The summed E-state index contributed by atoms with van der Waals surface area (Å²) in [5.41, 5.74) is 2.66. The van der Waals surface area contributed by atoms with E-state index in [0.717, 1.165) is 16.9 Å². The van der Waals surface area contributed by atoms with Crippen molar-refractivity contribution >= 4 is 23.2 Å². The van der Waals surface area contributed by atoms with Crippen LogP contribution in [0.1, 0.15) is 29.7 Å². The second kappa shape index (κ2) is 8.89. The summed E-state index contributed by atoms with van der Waals surface area (Å²) in [5.74, 6) is 0.385. The summed E-state index contributed by atoms with van der Waals surface area (Å²) in [6, 6.07) is 10.4. The van der Waals surface area contributed by atoms with Crippen molar-refractivity contribution in [2.45, 2.75) is 33.3 Å². The van der Waals surface area contributed by atoms with Crippen LogP contribution in [0.25, 0.3) is 5.65 Å². The highest BCUT2D eigenvalue weighted by atomic mass is 35.5. The number of benzene rings is 1. The van der Waals surface area contributed by atoms with Gasteiger partial charge in [0.15, 0.2) is 0 Å². The van der Waals surface area contributed by atoms with Crippen LogP contribution in [-0.4, -0.2) is 22.0 Å². The fourth-order valence-electron chi connectivity index (χ4n) is 2.73. The number of carbonyl (C=O) groups excluding carboxylic acids is 1. The van der Waals surface area contributed by atoms with Gasteiger partial charge < -0.3 is 9.47 Å². The number of aryl methyl sites for hydroxylation is 2. The first kappa shape index (κ1) is 19.9. The highest BCUT2D eigenvalue weighted by Gasteiger charge is 2.08. The summed E-state index contributed by atoms with van der Waals surface area (Å²) in [7, 11) is 0. The molecule has 2 aromatic heterocycles. The molecule has 0 saturated heterocycles. The first-order chi connectivity index (χ1) is 13.4. The van der Waals surface area contributed by atoms with Gasteiger partial charge >= 0.3 is 5.97 Å². The largest absolute Gasteiger partial charge is 0.493 e. The Morgan fingerprint density at radius 1 is 1.18 bits per heavy atom. The van der Waals surface area contributed by atoms with Crippen LogP contribution in [0.3, 0.4) is 0 Å². The molecule has 1 aromatic carbocycles. The Balaban J connectivity index is 1.47. The molecule has 3 rings (SSSR count). The van der Waals surface area contributed by atoms with Crippen LogP contribution >= 0.6 is 11.6 Å². The lowest BCUT2D eigenvalue weighted by Crippen LogP contribution is -2.17. The summed E-state index contributed by atoms with van der Waals surface area (Å²) < 4.78 is 12.3. The Kier molecular flexibility index (Phi) is 6.31. The van der Waals surface area contributed by atoms with E-state index in [1.54, 1.807) is 24.4 Å². The van der Waals surface area contributed by atoms with E-state index in [4.69, 9.17) is 21.1 Å². The van der Waals surface area contributed by atoms with E-state index >= 15 is 0 Å². The minimum absolute atomic E-state index is 0.0321. The highest BCUT2D eigenvalue weighted by molar-refractivity contribution is 6.30. The maximum Gasteiger partial charge on any atom is 0.306 e. The van der Waals surface area contributed by atoms with E-state index in [-0.39, 0.29) is 24.6 Å². The van der Waals surface area contributed by atoms with Crippen LogP contribution in [0.5, 0.6) is 5.75 Å². The monoisotopic (exact) mass is 400 g/mol. The molecule has 28 heavy (non-hydrogen) atoms. The number of ether oxygens (including phenoxy) is 2. The highest BCUT2D eigenvalue weighted by Crippen LogP contribution is 2.21. The molecule has 0 amide bonds. The van der Waals surface area contributed by atoms with E-state index in [1.807, 2.05) is 26.0 Å². The van der Waals surface area contributed by atoms with Crippen LogP contribution in [-0.2, 0) is 16.1 Å². The lowest BCUT2D eigenvalue weighted by Gasteiger charge is -2.09. The second-order valence-corrected chi connectivity index (χ2v) is 6.98. The number of rotatable bonds is 7. The third kappa shape index (κ3) is 5.10. The van der Waals surface area contributed by atoms with E-state index in [9.17, 15) is 9.59 Å². The number of hydrogen-bond donors (Lipinski definition) is 0. The normalized spacial score (nSPS) is 10.8. The summed E-state index contributed by atoms with van der Waals surface area (Å²) in [4.78, 5) is 28.4. The molecule has 0 aliphatic carbocycles. The van der Waals surface area contributed by atoms with Crippen molar-refractivity contribution in [1.29, 1.82) is 0 Å². The molecule has 0 saturated carbocycles. The standard InChI is InChI=1S/C21H21ClN2O4/c1-14-5-8-19-23-17(11-20(25)24(19)12-14)13-28-21(26)4-3-9-27-18-7-6-16(22)10-15(18)2/h5-8,10-12H,3-4,9,13H2,1-2H3. The molecule has 0 unspecified atom stereocenters. The smallest absolute Gasteiger partial charge is 0.306 e. The number of esters is 1. The summed E-state index contributed by atoms with van der Waals surface area (Å²) >= 11 is 5.91. The van der Waals surface area contributed by atoms with Crippen LogP contribution < -0.4 is 10.3 Å². The topological polar surface area (TPSA) is 69.9 Å². The minimum Gasteiger partial charge on any atom is -0.493 e. The van der Waals surface area contributed by atoms with Gasteiger partial charge in [-0.3, -0.25) is 14.0 Å². The quantitative estimate of drug-likeness (QED) is 0.445. The Morgan fingerprint density at radius 2 is 2.00 bits per heavy atom. The molecule has 0 radical (unpaired) electrons. The molecular weight excluding hydrogens is 380 g/mol. The lowest BCUT2D eigenvalue weighted by molar-refractivity contribution is -0.145. The van der Waals surface area contributed by atoms with Gasteiger partial charge in [0.05, 0.1) is 12.3 Å². The zero-order valence-electron chi connectivity index (χ0n) is 15.8. The molecule has 0 fully saturated rings. The van der Waals surface area contributed by atoms with Gasteiger partial charge in [-0.25, -0.2) is 4.98 Å². The SMILES string of the molecule is Cc1ccc2nc(COC(=O)CCCOc3ccc(Cl)cc3C)cc(=O)n2c1. The summed E-state index contributed by atoms with van der Waals surface area (Å²) in [5, 5.41) is 0.658. The number of carbonyl (C=O) groups is 1. The van der Waals surface area contributed by atoms with Gasteiger partial charge in [-0.1, -0.05) is 17.7 Å². The van der Waals surface area contributed by atoms with Crippen LogP contribution in [0, 0.1) is 13.8 Å². The van der Waals surface area contributed by atoms with Crippen molar-refractivity contribution in [2.24, 2.45) is 0 Å². The van der Waals surface area contributed by atoms with Crippen molar-refractivity contribution in [3.05, 3.63) is 74.8 Å². The van der Waals surface area contributed by atoms with Gasteiger partial charge in [0.25, 0.3) is 5.56 Å². The zero-order valence-corrected chi connectivity index (χ0v) is 16.5. The Bertz CT molecular complexity index is 1060. The number of nitrogens with zero attached hydrogens (tertiary/aromatic N) is 2. The number of aromatic nitrogens is 2. The predicted octanol–water partition coefficient (Wildman–Crippen LogP) is 3.87. The van der Waals surface area contributed by atoms with Gasteiger partial charge in [-0.05, 0) is 55.7 Å². The second-order valence-electron chi connectivity index (χ2n) is 6.54. The third-order valence-corrected chi connectivity index (χ3v) is 4.40. The molecule has 0 spiro atoms. The van der Waals surface area contributed by atoms with Crippen molar-refractivity contribution in [3.63, 3.8) is 0 Å². The maximum atomic E-state index is 12.1. The van der Waals surface area contributed by atoms with Gasteiger partial charge in [0.2, 0.25) is 0 Å². The van der Waals surface area contributed by atoms with Gasteiger partial charge in [-0.15, -0.1) is 0 Å². The Hall–Kier alpha value is -2.86. The number of fused-ring (bicyclic) bond motifs is 1. The molecule has 0 bridgehead atoms. The molecule has 6 nitrogen and oxygen atoms in total. The first-order valence-corrected chi connectivity index (χ1v) is 9.34. The molecule has 0 N–H and O–H groups in total. The lowest BCUT2D eigenvalue weighted by atomic mass is 10.2. The van der Waals surface area contributed by atoms with Gasteiger partial charge in [0.1, 0.15) is 18.0 Å². The van der Waals surface area contributed by atoms with Crippen LogP contribution in [0.15, 0.2) is 47.4 Å². The van der Waals surface area contributed by atoms with E-state index in [0.29, 0.717) is 29.4 Å². The van der Waals surface area contributed by atoms with E-state index < -0.39 is 0 Å². The first-order valence-electron chi connectivity index (χ1n) is 8.96. The fourth-order valence-corrected chi connectivity index (χ4v) is 2.96. The summed E-state index contributed by atoms with van der Waals surface area (Å²) in [6.45, 7) is 4.18. The molecule has 0 aliphatic heterocycles. The predicted molar refractivity (Wildman–Crippen MR) is 107 cm³/mol. The minimum atomic E-state index is -0.359.